The Morgan fingerprint density at radius 3 is 2.68 bits per heavy atom. The van der Waals surface area contributed by atoms with Crippen molar-refractivity contribution in [2.24, 2.45) is 0 Å². The number of H-pyrrole nitrogens is 1. The van der Waals surface area contributed by atoms with E-state index in [0.29, 0.717) is 25.5 Å². The van der Waals surface area contributed by atoms with Gasteiger partial charge < -0.3 is 14.2 Å². The fourth-order valence-electron chi connectivity index (χ4n) is 2.25. The lowest BCUT2D eigenvalue weighted by Gasteiger charge is -2.23. The molecule has 22 heavy (non-hydrogen) atoms. The van der Waals surface area contributed by atoms with Crippen molar-refractivity contribution >= 4 is 5.97 Å². The van der Waals surface area contributed by atoms with Gasteiger partial charge in [-0.25, -0.2) is 4.79 Å². The maximum atomic E-state index is 11.8. The van der Waals surface area contributed by atoms with Crippen molar-refractivity contribution in [2.75, 3.05) is 19.8 Å². The second-order valence-electron chi connectivity index (χ2n) is 4.79. The van der Waals surface area contributed by atoms with E-state index in [4.69, 9.17) is 14.2 Å². The van der Waals surface area contributed by atoms with E-state index in [-0.39, 0.29) is 12.0 Å². The first-order valence-corrected chi connectivity index (χ1v) is 7.21. The van der Waals surface area contributed by atoms with Gasteiger partial charge in [0, 0.05) is 11.1 Å². The summed E-state index contributed by atoms with van der Waals surface area (Å²) in [4.78, 5) is 11.8. The van der Waals surface area contributed by atoms with Gasteiger partial charge in [-0.05, 0) is 13.3 Å². The third-order valence-corrected chi connectivity index (χ3v) is 3.30. The summed E-state index contributed by atoms with van der Waals surface area (Å²) in [6.07, 6.45) is 0.584. The zero-order valence-corrected chi connectivity index (χ0v) is 12.2. The molecule has 1 aliphatic heterocycles. The minimum absolute atomic E-state index is 0.180. The van der Waals surface area contributed by atoms with Gasteiger partial charge in [-0.3, -0.25) is 0 Å². The van der Waals surface area contributed by atoms with Crippen LogP contribution < -0.4 is 0 Å². The molecule has 1 saturated heterocycles. The summed E-state index contributed by atoms with van der Waals surface area (Å²) in [6.45, 7) is 3.43. The van der Waals surface area contributed by atoms with Crippen LogP contribution in [-0.4, -0.2) is 41.2 Å². The van der Waals surface area contributed by atoms with Crippen LogP contribution in [0.3, 0.4) is 0 Å². The maximum absolute atomic E-state index is 11.8. The number of hydrogen-bond donors (Lipinski definition) is 1. The van der Waals surface area contributed by atoms with Crippen LogP contribution in [-0.2, 0) is 14.2 Å². The standard InChI is InChI=1S/C15H17N3O4/c1-2-20-14(19)13-12(16-18-17-13)10-4-6-11(7-5-10)15-21-8-3-9-22-15/h4-7,15H,2-3,8-9H2,1H3,(H,16,17,18). The monoisotopic (exact) mass is 303 g/mol. The van der Waals surface area contributed by atoms with Gasteiger partial charge in [0.05, 0.1) is 19.8 Å². The van der Waals surface area contributed by atoms with E-state index in [2.05, 4.69) is 15.4 Å². The Morgan fingerprint density at radius 1 is 1.27 bits per heavy atom. The van der Waals surface area contributed by atoms with Gasteiger partial charge in [0.1, 0.15) is 5.69 Å². The molecule has 1 aromatic carbocycles. The van der Waals surface area contributed by atoms with Gasteiger partial charge in [0.2, 0.25) is 0 Å². The van der Waals surface area contributed by atoms with Crippen molar-refractivity contribution in [1.29, 1.82) is 0 Å². The van der Waals surface area contributed by atoms with Gasteiger partial charge in [-0.15, -0.1) is 5.10 Å². The number of ether oxygens (including phenoxy) is 3. The SMILES string of the molecule is CCOC(=O)c1n[nH]nc1-c1ccc(C2OCCCO2)cc1. The van der Waals surface area contributed by atoms with E-state index in [0.717, 1.165) is 17.5 Å². The van der Waals surface area contributed by atoms with Crippen molar-refractivity contribution in [2.45, 2.75) is 19.6 Å². The fourth-order valence-corrected chi connectivity index (χ4v) is 2.25. The Labute approximate surface area is 127 Å². The number of benzene rings is 1. The molecule has 0 bridgehead atoms. The lowest BCUT2D eigenvalue weighted by molar-refractivity contribution is -0.183. The van der Waals surface area contributed by atoms with Crippen molar-refractivity contribution in [3.05, 3.63) is 35.5 Å². The van der Waals surface area contributed by atoms with Gasteiger partial charge in [-0.1, -0.05) is 24.3 Å². The molecule has 0 aliphatic carbocycles. The van der Waals surface area contributed by atoms with Crippen LogP contribution in [0.25, 0.3) is 11.3 Å². The Morgan fingerprint density at radius 2 is 2.00 bits per heavy atom. The number of aromatic amines is 1. The molecule has 0 unspecified atom stereocenters. The number of rotatable bonds is 4. The molecule has 1 N–H and O–H groups in total. The first-order chi connectivity index (χ1) is 10.8. The molecule has 0 spiro atoms. The van der Waals surface area contributed by atoms with Crippen LogP contribution in [0.1, 0.15) is 35.7 Å². The topological polar surface area (TPSA) is 86.3 Å². The fraction of sp³-hybridized carbons (Fsp3) is 0.400. The van der Waals surface area contributed by atoms with Crippen molar-refractivity contribution < 1.29 is 19.0 Å². The normalized spacial score (nSPS) is 15.7. The molecule has 2 aromatic rings. The summed E-state index contributed by atoms with van der Waals surface area (Å²) in [5.41, 5.74) is 2.36. The summed E-state index contributed by atoms with van der Waals surface area (Å²) < 4.78 is 16.1. The van der Waals surface area contributed by atoms with Crippen molar-refractivity contribution in [3.63, 3.8) is 0 Å². The van der Waals surface area contributed by atoms with E-state index in [1.54, 1.807) is 6.92 Å². The molecule has 2 heterocycles. The maximum Gasteiger partial charge on any atom is 0.361 e. The highest BCUT2D eigenvalue weighted by Crippen LogP contribution is 2.26. The first kappa shape index (κ1) is 14.7. The van der Waals surface area contributed by atoms with Crippen LogP contribution in [0.2, 0.25) is 0 Å². The van der Waals surface area contributed by atoms with Gasteiger partial charge in [0.25, 0.3) is 0 Å². The summed E-state index contributed by atoms with van der Waals surface area (Å²) in [7, 11) is 0. The lowest BCUT2D eigenvalue weighted by Crippen LogP contribution is -2.17. The molecular formula is C15H17N3O4. The highest BCUT2D eigenvalue weighted by molar-refractivity contribution is 5.93. The van der Waals surface area contributed by atoms with Gasteiger partial charge >= 0.3 is 5.97 Å². The van der Waals surface area contributed by atoms with Gasteiger partial charge in [0.15, 0.2) is 12.0 Å². The van der Waals surface area contributed by atoms with E-state index < -0.39 is 5.97 Å². The average Bonchev–Trinajstić information content (AvgIpc) is 3.06. The number of carbonyl (C=O) groups excluding carboxylic acids is 1. The van der Waals surface area contributed by atoms with Crippen molar-refractivity contribution in [1.82, 2.24) is 15.4 Å². The zero-order chi connectivity index (χ0) is 15.4. The number of carbonyl (C=O) groups is 1. The minimum atomic E-state index is -0.491. The first-order valence-electron chi connectivity index (χ1n) is 7.21. The average molecular weight is 303 g/mol. The van der Waals surface area contributed by atoms with Crippen LogP contribution in [0, 0.1) is 0 Å². The van der Waals surface area contributed by atoms with Crippen LogP contribution in [0.5, 0.6) is 0 Å². The van der Waals surface area contributed by atoms with E-state index in [1.165, 1.54) is 0 Å². The zero-order valence-electron chi connectivity index (χ0n) is 12.2. The molecule has 0 amide bonds. The molecule has 0 atom stereocenters. The highest BCUT2D eigenvalue weighted by atomic mass is 16.7. The smallest absolute Gasteiger partial charge is 0.361 e. The Balaban J connectivity index is 1.81. The van der Waals surface area contributed by atoms with Crippen LogP contribution >= 0.6 is 0 Å². The Hall–Kier alpha value is -2.25. The summed E-state index contributed by atoms with van der Waals surface area (Å²) in [5.74, 6) is -0.491. The van der Waals surface area contributed by atoms with Gasteiger partial charge in [-0.2, -0.15) is 10.3 Å². The predicted octanol–water partition coefficient (Wildman–Crippen LogP) is 2.08. The van der Waals surface area contributed by atoms with E-state index in [1.807, 2.05) is 24.3 Å². The predicted molar refractivity (Wildman–Crippen MR) is 77.0 cm³/mol. The minimum Gasteiger partial charge on any atom is -0.461 e. The molecular weight excluding hydrogens is 286 g/mol. The Kier molecular flexibility index (Phi) is 4.45. The summed E-state index contributed by atoms with van der Waals surface area (Å²) >= 11 is 0. The van der Waals surface area contributed by atoms with Crippen molar-refractivity contribution in [3.8, 4) is 11.3 Å². The molecule has 0 saturated carbocycles. The molecule has 116 valence electrons. The molecule has 0 radical (unpaired) electrons. The number of hydrogen-bond acceptors (Lipinski definition) is 6. The molecule has 1 fully saturated rings. The lowest BCUT2D eigenvalue weighted by atomic mass is 10.1. The largest absolute Gasteiger partial charge is 0.461 e. The number of esters is 1. The van der Waals surface area contributed by atoms with Crippen LogP contribution in [0.4, 0.5) is 0 Å². The number of nitrogens with one attached hydrogen (secondary N) is 1. The summed E-state index contributed by atoms with van der Waals surface area (Å²) in [5, 5.41) is 10.4. The molecule has 1 aliphatic rings. The summed E-state index contributed by atoms with van der Waals surface area (Å²) in [6, 6.07) is 7.51. The van der Waals surface area contributed by atoms with E-state index >= 15 is 0 Å². The Bertz CT molecular complexity index is 632. The van der Waals surface area contributed by atoms with E-state index in [9.17, 15) is 4.79 Å². The second kappa shape index (κ2) is 6.67. The van der Waals surface area contributed by atoms with Crippen LogP contribution in [0.15, 0.2) is 24.3 Å². The molecule has 1 aromatic heterocycles. The third kappa shape index (κ3) is 3.00. The molecule has 7 heteroatoms. The number of nitrogens with zero attached hydrogens (tertiary/aromatic N) is 2. The quantitative estimate of drug-likeness (QED) is 0.870. The second-order valence-corrected chi connectivity index (χ2v) is 4.79. The number of aromatic nitrogens is 3. The molecule has 3 rings (SSSR count). The highest BCUT2D eigenvalue weighted by Gasteiger charge is 2.20. The third-order valence-electron chi connectivity index (χ3n) is 3.30. The molecule has 7 nitrogen and oxygen atoms in total.